The minimum atomic E-state index is -0.190. The molecule has 0 aliphatic rings. The molecule has 4 aromatic heterocycles. The molecule has 34 heavy (non-hydrogen) atoms. The van der Waals surface area contributed by atoms with Crippen LogP contribution in [0.2, 0.25) is 5.02 Å². The Kier molecular flexibility index (Phi) is 5.75. The molecule has 0 radical (unpaired) electrons. The second-order valence-corrected chi connectivity index (χ2v) is 9.43. The highest BCUT2D eigenvalue weighted by Gasteiger charge is 2.14. The molecule has 8 nitrogen and oxygen atoms in total. The average molecular weight is 539 g/mol. The zero-order chi connectivity index (χ0) is 24.0. The van der Waals surface area contributed by atoms with Gasteiger partial charge in [0.2, 0.25) is 0 Å². The third kappa shape index (κ3) is 4.12. The SMILES string of the molecule is Cc1cc2c(N)nccc2c(C)c1CNC(=O)c1cnn(Cc2cn3cc(Br)c(Cl)cc3n2)c1. The highest BCUT2D eigenvalue weighted by molar-refractivity contribution is 9.10. The van der Waals surface area contributed by atoms with Crippen LogP contribution in [-0.2, 0) is 13.1 Å². The summed E-state index contributed by atoms with van der Waals surface area (Å²) in [5, 5.41) is 9.90. The average Bonchev–Trinajstić information content (AvgIpc) is 3.41. The number of aromatic nitrogens is 5. The van der Waals surface area contributed by atoms with E-state index in [9.17, 15) is 4.79 Å². The Balaban J connectivity index is 1.30. The maximum Gasteiger partial charge on any atom is 0.254 e. The van der Waals surface area contributed by atoms with Crippen LogP contribution in [-0.4, -0.2) is 30.1 Å². The van der Waals surface area contributed by atoms with Crippen molar-refractivity contribution in [3.63, 3.8) is 0 Å². The number of pyridine rings is 2. The highest BCUT2D eigenvalue weighted by atomic mass is 79.9. The number of fused-ring (bicyclic) bond motifs is 2. The number of carbonyl (C=O) groups is 1. The molecule has 172 valence electrons. The smallest absolute Gasteiger partial charge is 0.254 e. The van der Waals surface area contributed by atoms with Crippen LogP contribution in [0.5, 0.6) is 0 Å². The fourth-order valence-corrected chi connectivity index (χ4v) is 4.60. The molecule has 4 heterocycles. The van der Waals surface area contributed by atoms with Gasteiger partial charge in [0, 0.05) is 42.8 Å². The fourth-order valence-electron chi connectivity index (χ4n) is 4.12. The van der Waals surface area contributed by atoms with Crippen LogP contribution in [0, 0.1) is 13.8 Å². The lowest BCUT2D eigenvalue weighted by Crippen LogP contribution is -2.23. The number of hydrogen-bond acceptors (Lipinski definition) is 5. The molecule has 0 fully saturated rings. The number of nitrogens with one attached hydrogen (secondary N) is 1. The molecule has 0 atom stereocenters. The van der Waals surface area contributed by atoms with E-state index in [4.69, 9.17) is 17.3 Å². The molecule has 0 bridgehead atoms. The van der Waals surface area contributed by atoms with Gasteiger partial charge < -0.3 is 15.5 Å². The van der Waals surface area contributed by atoms with Gasteiger partial charge in [-0.3, -0.25) is 9.48 Å². The number of halogens is 2. The predicted octanol–water partition coefficient (Wildman–Crippen LogP) is 4.67. The number of anilines is 1. The van der Waals surface area contributed by atoms with Crippen molar-refractivity contribution in [2.24, 2.45) is 0 Å². The van der Waals surface area contributed by atoms with Crippen molar-refractivity contribution < 1.29 is 4.79 Å². The van der Waals surface area contributed by atoms with E-state index in [-0.39, 0.29) is 5.91 Å². The first-order chi connectivity index (χ1) is 16.3. The van der Waals surface area contributed by atoms with Crippen LogP contribution in [0.4, 0.5) is 5.82 Å². The number of rotatable bonds is 5. The van der Waals surface area contributed by atoms with E-state index < -0.39 is 0 Å². The number of hydrogen-bond donors (Lipinski definition) is 2. The summed E-state index contributed by atoms with van der Waals surface area (Å²) in [5.41, 5.74) is 11.3. The third-order valence-corrected chi connectivity index (χ3v) is 7.08. The van der Waals surface area contributed by atoms with Crippen molar-refractivity contribution in [3.05, 3.63) is 86.6 Å². The van der Waals surface area contributed by atoms with Crippen LogP contribution in [0.15, 0.2) is 53.7 Å². The molecular formula is C24H21BrClN7O. The molecular weight excluding hydrogens is 518 g/mol. The maximum absolute atomic E-state index is 12.8. The Hall–Kier alpha value is -3.43. The van der Waals surface area contributed by atoms with Crippen LogP contribution < -0.4 is 11.1 Å². The van der Waals surface area contributed by atoms with Crippen molar-refractivity contribution in [2.75, 3.05) is 5.73 Å². The van der Waals surface area contributed by atoms with Gasteiger partial charge in [-0.25, -0.2) is 9.97 Å². The minimum Gasteiger partial charge on any atom is -0.383 e. The quantitative estimate of drug-likeness (QED) is 0.338. The number of aryl methyl sites for hydroxylation is 2. The molecule has 0 saturated carbocycles. The molecule has 0 unspecified atom stereocenters. The van der Waals surface area contributed by atoms with Crippen LogP contribution in [0.3, 0.4) is 0 Å². The lowest BCUT2D eigenvalue weighted by molar-refractivity contribution is 0.0950. The van der Waals surface area contributed by atoms with Crippen molar-refractivity contribution in [1.29, 1.82) is 0 Å². The van der Waals surface area contributed by atoms with Gasteiger partial charge in [0.25, 0.3) is 5.91 Å². The standard InChI is InChI=1S/C24H21BrClN7O/c1-13-5-18-17(3-4-28-23(18)27)14(2)19(13)8-29-24(34)15-7-30-33(9-15)11-16-10-32-12-20(25)21(26)6-22(32)31-16/h3-7,9-10,12H,8,11H2,1-2H3,(H2,27,28)(H,29,34). The second-order valence-electron chi connectivity index (χ2n) is 8.16. The van der Waals surface area contributed by atoms with Gasteiger partial charge in [-0.05, 0) is 64.0 Å². The number of nitrogen functional groups attached to an aromatic ring is 1. The lowest BCUT2D eigenvalue weighted by Gasteiger charge is -2.14. The first-order valence-corrected chi connectivity index (χ1v) is 11.7. The normalized spacial score (nSPS) is 11.4. The Morgan fingerprint density at radius 2 is 2.03 bits per heavy atom. The van der Waals surface area contributed by atoms with Crippen molar-refractivity contribution in [3.8, 4) is 0 Å². The highest BCUT2D eigenvalue weighted by Crippen LogP contribution is 2.28. The van der Waals surface area contributed by atoms with Gasteiger partial charge in [-0.2, -0.15) is 5.10 Å². The van der Waals surface area contributed by atoms with Crippen LogP contribution >= 0.6 is 27.5 Å². The van der Waals surface area contributed by atoms with Gasteiger partial charge in [-0.1, -0.05) is 11.6 Å². The summed E-state index contributed by atoms with van der Waals surface area (Å²) < 4.78 is 4.37. The lowest BCUT2D eigenvalue weighted by atomic mass is 9.96. The zero-order valence-electron chi connectivity index (χ0n) is 18.5. The zero-order valence-corrected chi connectivity index (χ0v) is 20.9. The van der Waals surface area contributed by atoms with Crippen molar-refractivity contribution in [1.82, 2.24) is 29.5 Å². The molecule has 1 aromatic carbocycles. The van der Waals surface area contributed by atoms with Gasteiger partial charge >= 0.3 is 0 Å². The molecule has 0 aliphatic carbocycles. The van der Waals surface area contributed by atoms with Crippen LogP contribution in [0.25, 0.3) is 16.4 Å². The molecule has 0 saturated heterocycles. The second kappa shape index (κ2) is 8.73. The Morgan fingerprint density at radius 3 is 2.85 bits per heavy atom. The molecule has 3 N–H and O–H groups in total. The van der Waals surface area contributed by atoms with E-state index in [1.807, 2.05) is 42.8 Å². The van der Waals surface area contributed by atoms with Crippen molar-refractivity contribution in [2.45, 2.75) is 26.9 Å². The first kappa shape index (κ1) is 22.4. The first-order valence-electron chi connectivity index (χ1n) is 10.6. The molecule has 5 aromatic rings. The van der Waals surface area contributed by atoms with E-state index in [2.05, 4.69) is 36.3 Å². The molecule has 10 heteroatoms. The van der Waals surface area contributed by atoms with E-state index >= 15 is 0 Å². The molecule has 5 rings (SSSR count). The van der Waals surface area contributed by atoms with Gasteiger partial charge in [0.05, 0.1) is 33.5 Å². The molecule has 0 spiro atoms. The third-order valence-electron chi connectivity index (χ3n) is 5.91. The Labute approximate surface area is 208 Å². The van der Waals surface area contributed by atoms with E-state index in [1.54, 1.807) is 29.3 Å². The summed E-state index contributed by atoms with van der Waals surface area (Å²) in [4.78, 5) is 21.5. The summed E-state index contributed by atoms with van der Waals surface area (Å²) in [6, 6.07) is 5.76. The van der Waals surface area contributed by atoms with Crippen molar-refractivity contribution >= 4 is 55.7 Å². The van der Waals surface area contributed by atoms with E-state index in [1.165, 1.54) is 0 Å². The predicted molar refractivity (Wildman–Crippen MR) is 136 cm³/mol. The summed E-state index contributed by atoms with van der Waals surface area (Å²) in [7, 11) is 0. The number of carbonyl (C=O) groups excluding carboxylic acids is 1. The number of amides is 1. The molecule has 0 aliphatic heterocycles. The molecule has 1 amide bonds. The number of nitrogens with zero attached hydrogens (tertiary/aromatic N) is 5. The monoisotopic (exact) mass is 537 g/mol. The summed E-state index contributed by atoms with van der Waals surface area (Å²) >= 11 is 9.57. The summed E-state index contributed by atoms with van der Waals surface area (Å²) in [5.74, 6) is 0.318. The summed E-state index contributed by atoms with van der Waals surface area (Å²) in [6.45, 7) is 4.89. The number of benzene rings is 1. The number of imidazole rings is 1. The Bertz CT molecular complexity index is 1530. The summed E-state index contributed by atoms with van der Waals surface area (Å²) in [6.07, 6.45) is 8.75. The van der Waals surface area contributed by atoms with Gasteiger partial charge in [0.1, 0.15) is 11.5 Å². The topological polar surface area (TPSA) is 103 Å². The number of nitrogens with two attached hydrogens (primary N) is 1. The van der Waals surface area contributed by atoms with Gasteiger partial charge in [-0.15, -0.1) is 0 Å². The van der Waals surface area contributed by atoms with Crippen LogP contribution in [0.1, 0.15) is 32.7 Å². The largest absolute Gasteiger partial charge is 0.383 e. The van der Waals surface area contributed by atoms with Gasteiger partial charge in [0.15, 0.2) is 0 Å². The fraction of sp³-hybridized carbons (Fsp3) is 0.167. The Morgan fingerprint density at radius 1 is 1.21 bits per heavy atom. The minimum absolute atomic E-state index is 0.190. The van der Waals surface area contributed by atoms with E-state index in [0.29, 0.717) is 29.5 Å². The van der Waals surface area contributed by atoms with E-state index in [0.717, 1.165) is 43.3 Å². The maximum atomic E-state index is 12.8.